The zero-order chi connectivity index (χ0) is 10.5. The molecule has 1 fully saturated rings. The molecule has 80 valence electrons. The lowest BCUT2D eigenvalue weighted by molar-refractivity contribution is 0.757. The van der Waals surface area contributed by atoms with Crippen molar-refractivity contribution in [2.75, 3.05) is 0 Å². The highest BCUT2D eigenvalue weighted by Crippen LogP contribution is 2.33. The number of nitrogens with one attached hydrogen (secondary N) is 1. The summed E-state index contributed by atoms with van der Waals surface area (Å²) in [5.74, 6) is 0.930. The van der Waals surface area contributed by atoms with E-state index in [1.54, 1.807) is 0 Å². The van der Waals surface area contributed by atoms with E-state index < -0.39 is 0 Å². The van der Waals surface area contributed by atoms with Gasteiger partial charge < -0.3 is 5.41 Å². The molecule has 0 radical (unpaired) electrons. The Morgan fingerprint density at radius 1 is 1.27 bits per heavy atom. The molecular formula is C14H19N. The lowest BCUT2D eigenvalue weighted by atomic mass is 10.0. The Morgan fingerprint density at radius 3 is 2.87 bits per heavy atom. The van der Waals surface area contributed by atoms with Crippen LogP contribution in [0.4, 0.5) is 0 Å². The van der Waals surface area contributed by atoms with Crippen molar-refractivity contribution in [3.8, 4) is 0 Å². The zero-order valence-electron chi connectivity index (χ0n) is 9.21. The maximum absolute atomic E-state index is 8.02. The number of hydrogen-bond donors (Lipinski definition) is 1. The van der Waals surface area contributed by atoms with Crippen molar-refractivity contribution in [2.45, 2.75) is 38.5 Å². The first-order chi connectivity index (χ1) is 7.36. The van der Waals surface area contributed by atoms with Crippen molar-refractivity contribution in [3.63, 3.8) is 0 Å². The van der Waals surface area contributed by atoms with Crippen LogP contribution in [0.25, 0.3) is 0 Å². The van der Waals surface area contributed by atoms with Gasteiger partial charge in [-0.3, -0.25) is 0 Å². The normalized spacial score (nSPS) is 28.4. The summed E-state index contributed by atoms with van der Waals surface area (Å²) in [6.07, 6.45) is 17.8. The highest BCUT2D eigenvalue weighted by atomic mass is 14.4. The maximum Gasteiger partial charge on any atom is 0.0386 e. The van der Waals surface area contributed by atoms with Crippen molar-refractivity contribution in [1.29, 1.82) is 5.41 Å². The molecule has 15 heavy (non-hydrogen) atoms. The van der Waals surface area contributed by atoms with Crippen LogP contribution >= 0.6 is 0 Å². The average Bonchev–Trinajstić information content (AvgIpc) is 2.97. The Balaban J connectivity index is 1.90. The van der Waals surface area contributed by atoms with Crippen molar-refractivity contribution in [2.24, 2.45) is 5.92 Å². The molecule has 1 N–H and O–H groups in total. The summed E-state index contributed by atoms with van der Waals surface area (Å²) < 4.78 is 0. The summed E-state index contributed by atoms with van der Waals surface area (Å²) in [5.41, 5.74) is 1.91. The van der Waals surface area contributed by atoms with Gasteiger partial charge in [-0.2, -0.15) is 0 Å². The largest absolute Gasteiger partial charge is 0.305 e. The molecule has 0 spiro atoms. The highest BCUT2D eigenvalue weighted by molar-refractivity contribution is 6.00. The summed E-state index contributed by atoms with van der Waals surface area (Å²) in [4.78, 5) is 0. The van der Waals surface area contributed by atoms with Gasteiger partial charge in [0.25, 0.3) is 0 Å². The van der Waals surface area contributed by atoms with E-state index in [9.17, 15) is 0 Å². The van der Waals surface area contributed by atoms with Gasteiger partial charge in [0.05, 0.1) is 0 Å². The van der Waals surface area contributed by atoms with E-state index >= 15 is 0 Å². The predicted octanol–water partition coefficient (Wildman–Crippen LogP) is 4.03. The number of hydrogen-bond acceptors (Lipinski definition) is 1. The average molecular weight is 201 g/mol. The van der Waals surface area contributed by atoms with E-state index in [1.165, 1.54) is 19.3 Å². The molecule has 1 saturated carbocycles. The van der Waals surface area contributed by atoms with Crippen LogP contribution in [0, 0.1) is 11.3 Å². The molecule has 0 aromatic rings. The quantitative estimate of drug-likeness (QED) is 0.664. The minimum absolute atomic E-state index is 0.810. The van der Waals surface area contributed by atoms with E-state index in [2.05, 4.69) is 30.4 Å². The lowest BCUT2D eigenvalue weighted by Crippen LogP contribution is -2.00. The van der Waals surface area contributed by atoms with Crippen LogP contribution in [-0.2, 0) is 0 Å². The van der Waals surface area contributed by atoms with Crippen LogP contribution < -0.4 is 0 Å². The van der Waals surface area contributed by atoms with Gasteiger partial charge in [0, 0.05) is 5.71 Å². The van der Waals surface area contributed by atoms with Crippen molar-refractivity contribution in [1.82, 2.24) is 0 Å². The summed E-state index contributed by atoms with van der Waals surface area (Å²) in [6.45, 7) is 0. The minimum Gasteiger partial charge on any atom is -0.305 e. The fourth-order valence-electron chi connectivity index (χ4n) is 1.83. The highest BCUT2D eigenvalue weighted by Gasteiger charge is 2.21. The Bertz CT molecular complexity index is 316. The summed E-state index contributed by atoms with van der Waals surface area (Å²) in [7, 11) is 0. The second-order valence-corrected chi connectivity index (χ2v) is 4.49. The molecule has 0 heterocycles. The first-order valence-corrected chi connectivity index (χ1v) is 5.97. The van der Waals surface area contributed by atoms with Gasteiger partial charge in [-0.15, -0.1) is 0 Å². The second kappa shape index (κ2) is 5.11. The maximum atomic E-state index is 8.02. The molecule has 0 unspecified atom stereocenters. The number of allylic oxidation sites excluding steroid dienone is 6. The Labute approximate surface area is 92.1 Å². The monoisotopic (exact) mass is 201 g/mol. The molecule has 0 saturated heterocycles. The Hall–Kier alpha value is -1.11. The molecule has 2 aliphatic carbocycles. The predicted molar refractivity (Wildman–Crippen MR) is 65.3 cm³/mol. The molecule has 0 aliphatic heterocycles. The Kier molecular flexibility index (Phi) is 3.54. The van der Waals surface area contributed by atoms with E-state index in [1.807, 2.05) is 0 Å². The smallest absolute Gasteiger partial charge is 0.0386 e. The van der Waals surface area contributed by atoms with E-state index in [0.717, 1.165) is 36.5 Å². The van der Waals surface area contributed by atoms with Crippen molar-refractivity contribution >= 4 is 5.71 Å². The SMILES string of the molecule is N=C(CCC1CC1)C1=C/C=C\CC/C=C\1. The van der Waals surface area contributed by atoms with Gasteiger partial charge in [0.15, 0.2) is 0 Å². The van der Waals surface area contributed by atoms with Gasteiger partial charge >= 0.3 is 0 Å². The number of rotatable bonds is 4. The van der Waals surface area contributed by atoms with Crippen LogP contribution in [0.15, 0.2) is 36.0 Å². The van der Waals surface area contributed by atoms with Crippen molar-refractivity contribution < 1.29 is 0 Å². The molecule has 0 amide bonds. The molecule has 0 atom stereocenters. The summed E-state index contributed by atoms with van der Waals surface area (Å²) in [5, 5.41) is 8.02. The third-order valence-electron chi connectivity index (χ3n) is 3.06. The van der Waals surface area contributed by atoms with Gasteiger partial charge in [-0.1, -0.05) is 43.2 Å². The first kappa shape index (κ1) is 10.4. The molecule has 1 heteroatoms. The van der Waals surface area contributed by atoms with Crippen LogP contribution in [0.3, 0.4) is 0 Å². The fourth-order valence-corrected chi connectivity index (χ4v) is 1.83. The summed E-state index contributed by atoms with van der Waals surface area (Å²) >= 11 is 0. The van der Waals surface area contributed by atoms with Gasteiger partial charge in [0.2, 0.25) is 0 Å². The Morgan fingerprint density at radius 2 is 2.07 bits per heavy atom. The van der Waals surface area contributed by atoms with Crippen LogP contribution in [-0.4, -0.2) is 5.71 Å². The molecule has 1 nitrogen and oxygen atoms in total. The molecule has 0 bridgehead atoms. The fraction of sp³-hybridized carbons (Fsp3) is 0.500. The van der Waals surface area contributed by atoms with E-state index in [4.69, 9.17) is 5.41 Å². The molecule has 2 aliphatic rings. The van der Waals surface area contributed by atoms with Gasteiger partial charge in [-0.25, -0.2) is 0 Å². The topological polar surface area (TPSA) is 23.9 Å². The van der Waals surface area contributed by atoms with Crippen LogP contribution in [0.5, 0.6) is 0 Å². The molecule has 0 aromatic carbocycles. The third kappa shape index (κ3) is 3.50. The summed E-state index contributed by atoms with van der Waals surface area (Å²) in [6, 6.07) is 0. The molecule has 0 aromatic heterocycles. The van der Waals surface area contributed by atoms with Crippen molar-refractivity contribution in [3.05, 3.63) is 36.0 Å². The minimum atomic E-state index is 0.810. The van der Waals surface area contributed by atoms with Gasteiger partial charge in [0.1, 0.15) is 0 Å². The first-order valence-electron chi connectivity index (χ1n) is 5.97. The zero-order valence-corrected chi connectivity index (χ0v) is 9.21. The third-order valence-corrected chi connectivity index (χ3v) is 3.06. The van der Waals surface area contributed by atoms with Gasteiger partial charge in [-0.05, 0) is 37.2 Å². The van der Waals surface area contributed by atoms with Crippen LogP contribution in [0.2, 0.25) is 0 Å². The lowest BCUT2D eigenvalue weighted by Gasteiger charge is -2.05. The van der Waals surface area contributed by atoms with Crippen LogP contribution in [0.1, 0.15) is 38.5 Å². The second-order valence-electron chi connectivity index (χ2n) is 4.49. The van der Waals surface area contributed by atoms with E-state index in [0.29, 0.717) is 0 Å². The molecule has 2 rings (SSSR count). The standard InChI is InChI=1S/C14H19N/c15-14(11-10-12-8-9-12)13-6-4-2-1-3-5-7-13/h2,4-7,12,15H,1,3,8-11H2/b4-2-,7-5-,13-6+,15-14?. The van der Waals surface area contributed by atoms with E-state index in [-0.39, 0.29) is 0 Å². The molecular weight excluding hydrogens is 182 g/mol.